The largest absolute Gasteiger partial charge is 0.462 e. The molecular weight excluding hydrogens is 358 g/mol. The van der Waals surface area contributed by atoms with Gasteiger partial charge in [-0.15, -0.1) is 0 Å². The Bertz CT molecular complexity index is 810. The summed E-state index contributed by atoms with van der Waals surface area (Å²) in [5.74, 6) is -1.05. The number of rotatable bonds is 8. The third-order valence-corrected chi connectivity index (χ3v) is 3.99. The van der Waals surface area contributed by atoms with Crippen molar-refractivity contribution in [3.05, 3.63) is 65.2 Å². The standard InChI is InChI=1S/C22H25NO5/c1-4-13-27-21(25)18-9-11-19(12-10-18)23-20(24)14-28-22(26)17-7-5-16(6-8-17)15(2)3/h5-12,15H,4,13-14H2,1-3H3,(H,23,24). The Morgan fingerprint density at radius 2 is 1.39 bits per heavy atom. The molecule has 0 aliphatic carbocycles. The molecule has 148 valence electrons. The topological polar surface area (TPSA) is 81.7 Å². The number of nitrogens with one attached hydrogen (secondary N) is 1. The van der Waals surface area contributed by atoms with Crippen LogP contribution in [0.5, 0.6) is 0 Å². The van der Waals surface area contributed by atoms with Crippen molar-refractivity contribution in [1.29, 1.82) is 0 Å². The van der Waals surface area contributed by atoms with Gasteiger partial charge in [-0.2, -0.15) is 0 Å². The molecule has 0 aromatic heterocycles. The van der Waals surface area contributed by atoms with Crippen LogP contribution in [-0.2, 0) is 14.3 Å². The number of hydrogen-bond donors (Lipinski definition) is 1. The van der Waals surface area contributed by atoms with Gasteiger partial charge < -0.3 is 14.8 Å². The molecule has 0 fully saturated rings. The Morgan fingerprint density at radius 1 is 0.857 bits per heavy atom. The van der Waals surface area contributed by atoms with Gasteiger partial charge >= 0.3 is 11.9 Å². The quantitative estimate of drug-likeness (QED) is 0.692. The van der Waals surface area contributed by atoms with Gasteiger partial charge in [0, 0.05) is 5.69 Å². The first-order valence-electron chi connectivity index (χ1n) is 9.24. The molecule has 0 unspecified atom stereocenters. The monoisotopic (exact) mass is 383 g/mol. The second-order valence-electron chi connectivity index (χ2n) is 6.61. The minimum absolute atomic E-state index is 0.364. The Morgan fingerprint density at radius 3 is 1.93 bits per heavy atom. The van der Waals surface area contributed by atoms with Crippen LogP contribution in [0.3, 0.4) is 0 Å². The number of hydrogen-bond acceptors (Lipinski definition) is 5. The summed E-state index contributed by atoms with van der Waals surface area (Å²) < 4.78 is 10.1. The van der Waals surface area contributed by atoms with Crippen LogP contribution in [0.4, 0.5) is 5.69 Å². The first-order chi connectivity index (χ1) is 13.4. The summed E-state index contributed by atoms with van der Waals surface area (Å²) in [6.07, 6.45) is 0.750. The maximum absolute atomic E-state index is 12.0. The van der Waals surface area contributed by atoms with Gasteiger partial charge in [-0.05, 0) is 54.3 Å². The van der Waals surface area contributed by atoms with E-state index in [4.69, 9.17) is 9.47 Å². The lowest BCUT2D eigenvalue weighted by molar-refractivity contribution is -0.119. The minimum Gasteiger partial charge on any atom is -0.462 e. The number of esters is 2. The van der Waals surface area contributed by atoms with Gasteiger partial charge in [0.1, 0.15) is 0 Å². The second kappa shape index (κ2) is 10.3. The smallest absolute Gasteiger partial charge is 0.338 e. The Hall–Kier alpha value is -3.15. The average molecular weight is 383 g/mol. The molecule has 0 aliphatic rings. The van der Waals surface area contributed by atoms with Crippen LogP contribution >= 0.6 is 0 Å². The highest BCUT2D eigenvalue weighted by Gasteiger charge is 2.12. The Labute approximate surface area is 164 Å². The molecule has 2 aromatic rings. The van der Waals surface area contributed by atoms with Crippen molar-refractivity contribution in [3.8, 4) is 0 Å². The lowest BCUT2D eigenvalue weighted by Gasteiger charge is -2.09. The predicted octanol–water partition coefficient (Wildman–Crippen LogP) is 4.17. The third kappa shape index (κ3) is 6.23. The van der Waals surface area contributed by atoms with Crippen molar-refractivity contribution in [3.63, 3.8) is 0 Å². The first-order valence-corrected chi connectivity index (χ1v) is 9.24. The first kappa shape index (κ1) is 21.2. The van der Waals surface area contributed by atoms with E-state index in [0.29, 0.717) is 29.3 Å². The molecule has 0 atom stereocenters. The van der Waals surface area contributed by atoms with Crippen LogP contribution in [0, 0.1) is 0 Å². The molecule has 1 amide bonds. The van der Waals surface area contributed by atoms with Crippen LogP contribution in [0.25, 0.3) is 0 Å². The zero-order valence-electron chi connectivity index (χ0n) is 16.4. The van der Waals surface area contributed by atoms with Crippen LogP contribution in [0.1, 0.15) is 59.4 Å². The van der Waals surface area contributed by atoms with Gasteiger partial charge in [-0.1, -0.05) is 32.9 Å². The normalized spacial score (nSPS) is 10.4. The summed E-state index contributed by atoms with van der Waals surface area (Å²) in [7, 11) is 0. The molecular formula is C22H25NO5. The third-order valence-electron chi connectivity index (χ3n) is 3.99. The molecule has 1 N–H and O–H groups in total. The number of carbonyl (C=O) groups is 3. The van der Waals surface area contributed by atoms with Crippen molar-refractivity contribution in [2.75, 3.05) is 18.5 Å². The van der Waals surface area contributed by atoms with Gasteiger partial charge in [-0.3, -0.25) is 4.79 Å². The molecule has 28 heavy (non-hydrogen) atoms. The van der Waals surface area contributed by atoms with Crippen LogP contribution in [0.15, 0.2) is 48.5 Å². The number of carbonyl (C=O) groups excluding carboxylic acids is 3. The molecule has 6 heteroatoms. The number of benzene rings is 2. The SMILES string of the molecule is CCCOC(=O)c1ccc(NC(=O)COC(=O)c2ccc(C(C)C)cc2)cc1. The van der Waals surface area contributed by atoms with Gasteiger partial charge in [0.2, 0.25) is 0 Å². The fraction of sp³-hybridized carbons (Fsp3) is 0.318. The summed E-state index contributed by atoms with van der Waals surface area (Å²) in [4.78, 5) is 35.7. The van der Waals surface area contributed by atoms with Crippen molar-refractivity contribution in [2.45, 2.75) is 33.1 Å². The molecule has 0 aliphatic heterocycles. The lowest BCUT2D eigenvalue weighted by atomic mass is 10.0. The second-order valence-corrected chi connectivity index (χ2v) is 6.61. The van der Waals surface area contributed by atoms with Gasteiger partial charge in [0.15, 0.2) is 6.61 Å². The highest BCUT2D eigenvalue weighted by Crippen LogP contribution is 2.15. The van der Waals surface area contributed by atoms with E-state index in [9.17, 15) is 14.4 Å². The summed E-state index contributed by atoms with van der Waals surface area (Å²) in [5.41, 5.74) is 2.42. The molecule has 0 saturated heterocycles. The molecule has 2 rings (SSSR count). The van der Waals surface area contributed by atoms with E-state index >= 15 is 0 Å². The molecule has 0 spiro atoms. The summed E-state index contributed by atoms with van der Waals surface area (Å²) in [5, 5.41) is 2.61. The zero-order chi connectivity index (χ0) is 20.5. The molecule has 2 aromatic carbocycles. The van der Waals surface area contributed by atoms with Crippen molar-refractivity contribution in [2.24, 2.45) is 0 Å². The van der Waals surface area contributed by atoms with E-state index < -0.39 is 24.5 Å². The molecule has 0 radical (unpaired) electrons. The maximum Gasteiger partial charge on any atom is 0.338 e. The maximum atomic E-state index is 12.0. The summed E-state index contributed by atoms with van der Waals surface area (Å²) in [6.45, 7) is 6.02. The van der Waals surface area contributed by atoms with Crippen molar-refractivity contribution in [1.82, 2.24) is 0 Å². The van der Waals surface area contributed by atoms with Crippen LogP contribution in [0.2, 0.25) is 0 Å². The highest BCUT2D eigenvalue weighted by molar-refractivity contribution is 5.96. The van der Waals surface area contributed by atoms with E-state index in [0.717, 1.165) is 12.0 Å². The minimum atomic E-state index is -0.556. The van der Waals surface area contributed by atoms with Gasteiger partial charge in [-0.25, -0.2) is 9.59 Å². The van der Waals surface area contributed by atoms with Crippen LogP contribution in [-0.4, -0.2) is 31.1 Å². The highest BCUT2D eigenvalue weighted by atomic mass is 16.5. The van der Waals surface area contributed by atoms with E-state index in [1.54, 1.807) is 36.4 Å². The van der Waals surface area contributed by atoms with E-state index in [2.05, 4.69) is 19.2 Å². The predicted molar refractivity (Wildman–Crippen MR) is 106 cm³/mol. The van der Waals surface area contributed by atoms with Crippen molar-refractivity contribution >= 4 is 23.5 Å². The summed E-state index contributed by atoms with van der Waals surface area (Å²) >= 11 is 0. The van der Waals surface area contributed by atoms with E-state index in [-0.39, 0.29) is 0 Å². The fourth-order valence-corrected chi connectivity index (χ4v) is 2.38. The number of ether oxygens (including phenoxy) is 2. The number of amides is 1. The average Bonchev–Trinajstić information content (AvgIpc) is 2.70. The molecule has 0 saturated carbocycles. The van der Waals surface area contributed by atoms with E-state index in [1.807, 2.05) is 19.1 Å². The number of anilines is 1. The fourth-order valence-electron chi connectivity index (χ4n) is 2.38. The van der Waals surface area contributed by atoms with Crippen LogP contribution < -0.4 is 5.32 Å². The van der Waals surface area contributed by atoms with Gasteiger partial charge in [0.25, 0.3) is 5.91 Å². The van der Waals surface area contributed by atoms with Gasteiger partial charge in [0.05, 0.1) is 17.7 Å². The lowest BCUT2D eigenvalue weighted by Crippen LogP contribution is -2.21. The molecule has 0 bridgehead atoms. The molecule has 6 nitrogen and oxygen atoms in total. The Balaban J connectivity index is 1.83. The Kier molecular flexibility index (Phi) is 7.75. The zero-order valence-corrected chi connectivity index (χ0v) is 16.4. The molecule has 0 heterocycles. The van der Waals surface area contributed by atoms with E-state index in [1.165, 1.54) is 0 Å². The summed E-state index contributed by atoms with van der Waals surface area (Å²) in [6, 6.07) is 13.4. The van der Waals surface area contributed by atoms with Crippen molar-refractivity contribution < 1.29 is 23.9 Å².